The van der Waals surface area contributed by atoms with Gasteiger partial charge in [-0.05, 0) is 13.8 Å². The second-order valence-electron chi connectivity index (χ2n) is 4.00. The van der Waals surface area contributed by atoms with Gasteiger partial charge in [0.05, 0.1) is 12.3 Å². The maximum Gasteiger partial charge on any atom is 0.0665 e. The largest absolute Gasteiger partial charge is 0.383 e. The van der Waals surface area contributed by atoms with Gasteiger partial charge >= 0.3 is 0 Å². The van der Waals surface area contributed by atoms with Gasteiger partial charge in [0.25, 0.3) is 0 Å². The summed E-state index contributed by atoms with van der Waals surface area (Å²) in [5.74, 6) is 0. The van der Waals surface area contributed by atoms with Crippen molar-refractivity contribution in [1.29, 1.82) is 0 Å². The highest BCUT2D eigenvalue weighted by Crippen LogP contribution is 2.09. The zero-order chi connectivity index (χ0) is 12.0. The number of aromatic nitrogens is 2. The fraction of sp³-hybridized carbons (Fsp3) is 0.583. The van der Waals surface area contributed by atoms with E-state index >= 15 is 0 Å². The Kier molecular flexibility index (Phi) is 5.22. The van der Waals surface area contributed by atoms with Gasteiger partial charge in [0.1, 0.15) is 0 Å². The normalized spacial score (nSPS) is 12.1. The molecule has 0 amide bonds. The van der Waals surface area contributed by atoms with Crippen LogP contribution in [0, 0.1) is 6.92 Å². The Morgan fingerprint density at radius 2 is 2.38 bits per heavy atom. The van der Waals surface area contributed by atoms with Gasteiger partial charge in [-0.2, -0.15) is 5.10 Å². The van der Waals surface area contributed by atoms with E-state index in [1.54, 1.807) is 7.11 Å². The summed E-state index contributed by atoms with van der Waals surface area (Å²) < 4.78 is 6.81. The van der Waals surface area contributed by atoms with Crippen LogP contribution in [0.1, 0.15) is 18.2 Å². The van der Waals surface area contributed by atoms with Crippen LogP contribution in [0.5, 0.6) is 0 Å². The lowest BCUT2D eigenvalue weighted by molar-refractivity contribution is 0.200. The van der Waals surface area contributed by atoms with Crippen molar-refractivity contribution >= 4 is 6.08 Å². The van der Waals surface area contributed by atoms with Crippen LogP contribution in [-0.2, 0) is 11.8 Å². The van der Waals surface area contributed by atoms with Gasteiger partial charge in [0.15, 0.2) is 0 Å². The molecule has 0 fully saturated rings. The van der Waals surface area contributed by atoms with Crippen molar-refractivity contribution in [3.63, 3.8) is 0 Å². The van der Waals surface area contributed by atoms with Gasteiger partial charge < -0.3 is 10.1 Å². The number of hydrogen-bond acceptors (Lipinski definition) is 3. The molecule has 0 spiro atoms. The molecule has 1 aromatic heterocycles. The summed E-state index contributed by atoms with van der Waals surface area (Å²) in [6.07, 6.45) is 4.20. The van der Waals surface area contributed by atoms with Crippen molar-refractivity contribution in [3.05, 3.63) is 23.0 Å². The van der Waals surface area contributed by atoms with Crippen LogP contribution < -0.4 is 5.32 Å². The number of ether oxygens (including phenoxy) is 1. The standard InChI is InChI=1S/C12H21N3O/c1-10(8-13-5-6-16-4)7-12-9-15(3)14-11(12)2/h7,9,13H,5-6,8H2,1-4H3. The topological polar surface area (TPSA) is 39.1 Å². The van der Waals surface area contributed by atoms with E-state index in [4.69, 9.17) is 4.74 Å². The number of nitrogens with one attached hydrogen (secondary N) is 1. The first kappa shape index (κ1) is 12.9. The summed E-state index contributed by atoms with van der Waals surface area (Å²) in [4.78, 5) is 0. The van der Waals surface area contributed by atoms with E-state index in [1.807, 2.05) is 24.9 Å². The molecule has 0 aliphatic rings. The van der Waals surface area contributed by atoms with E-state index in [0.29, 0.717) is 0 Å². The van der Waals surface area contributed by atoms with Crippen LogP contribution in [0.25, 0.3) is 6.08 Å². The van der Waals surface area contributed by atoms with Gasteiger partial charge in [0, 0.05) is 39.0 Å². The van der Waals surface area contributed by atoms with Crippen molar-refractivity contribution in [2.75, 3.05) is 26.8 Å². The molecule has 1 heterocycles. The van der Waals surface area contributed by atoms with E-state index in [-0.39, 0.29) is 0 Å². The Morgan fingerprint density at radius 1 is 1.62 bits per heavy atom. The molecular weight excluding hydrogens is 202 g/mol. The Bertz CT molecular complexity index is 355. The predicted molar refractivity (Wildman–Crippen MR) is 66.3 cm³/mol. The van der Waals surface area contributed by atoms with Crippen LogP contribution in [0.2, 0.25) is 0 Å². The molecule has 0 aliphatic heterocycles. The predicted octanol–water partition coefficient (Wildman–Crippen LogP) is 1.37. The summed E-state index contributed by atoms with van der Waals surface area (Å²) in [6, 6.07) is 0. The Balaban J connectivity index is 2.46. The molecule has 4 heteroatoms. The van der Waals surface area contributed by atoms with Crippen molar-refractivity contribution < 1.29 is 4.74 Å². The Hall–Kier alpha value is -1.13. The monoisotopic (exact) mass is 223 g/mol. The third-order valence-corrected chi connectivity index (χ3v) is 2.34. The maximum atomic E-state index is 4.97. The Morgan fingerprint density at radius 3 is 2.94 bits per heavy atom. The summed E-state index contributed by atoms with van der Waals surface area (Å²) in [7, 11) is 3.65. The molecule has 1 N–H and O–H groups in total. The Labute approximate surface area is 97.3 Å². The summed E-state index contributed by atoms with van der Waals surface area (Å²) >= 11 is 0. The fourth-order valence-corrected chi connectivity index (χ4v) is 1.54. The molecule has 4 nitrogen and oxygen atoms in total. The third kappa shape index (κ3) is 4.16. The molecule has 1 aromatic rings. The molecule has 90 valence electrons. The smallest absolute Gasteiger partial charge is 0.0665 e. The van der Waals surface area contributed by atoms with E-state index < -0.39 is 0 Å². The van der Waals surface area contributed by atoms with Gasteiger partial charge in [-0.25, -0.2) is 0 Å². The zero-order valence-corrected chi connectivity index (χ0v) is 10.6. The van der Waals surface area contributed by atoms with Crippen molar-refractivity contribution in [3.8, 4) is 0 Å². The third-order valence-electron chi connectivity index (χ3n) is 2.34. The minimum Gasteiger partial charge on any atom is -0.383 e. The molecule has 0 unspecified atom stereocenters. The van der Waals surface area contributed by atoms with Crippen LogP contribution >= 0.6 is 0 Å². The molecule has 0 aliphatic carbocycles. The molecule has 1 rings (SSSR count). The van der Waals surface area contributed by atoms with Crippen LogP contribution in [0.3, 0.4) is 0 Å². The molecule has 0 radical (unpaired) electrons. The van der Waals surface area contributed by atoms with Crippen molar-refractivity contribution in [1.82, 2.24) is 15.1 Å². The summed E-state index contributed by atoms with van der Waals surface area (Å²) in [6.45, 7) is 6.66. The highest BCUT2D eigenvalue weighted by atomic mass is 16.5. The number of aryl methyl sites for hydroxylation is 2. The molecule has 16 heavy (non-hydrogen) atoms. The van der Waals surface area contributed by atoms with Crippen LogP contribution in [-0.4, -0.2) is 36.6 Å². The first-order valence-electron chi connectivity index (χ1n) is 5.50. The average Bonchev–Trinajstić information content (AvgIpc) is 2.52. The fourth-order valence-electron chi connectivity index (χ4n) is 1.54. The number of rotatable bonds is 6. The average molecular weight is 223 g/mol. The lowest BCUT2D eigenvalue weighted by Crippen LogP contribution is -2.20. The summed E-state index contributed by atoms with van der Waals surface area (Å²) in [5.41, 5.74) is 3.56. The second-order valence-corrected chi connectivity index (χ2v) is 4.00. The molecule has 0 aromatic carbocycles. The number of nitrogens with zero attached hydrogens (tertiary/aromatic N) is 2. The number of methoxy groups -OCH3 is 1. The highest BCUT2D eigenvalue weighted by molar-refractivity contribution is 5.53. The van der Waals surface area contributed by atoms with E-state index in [9.17, 15) is 0 Å². The van der Waals surface area contributed by atoms with Gasteiger partial charge in [-0.3, -0.25) is 4.68 Å². The summed E-state index contributed by atoms with van der Waals surface area (Å²) in [5, 5.41) is 7.62. The second kappa shape index (κ2) is 6.45. The molecular formula is C12H21N3O. The minimum atomic E-state index is 0.749. The van der Waals surface area contributed by atoms with Gasteiger partial charge in [-0.15, -0.1) is 0 Å². The minimum absolute atomic E-state index is 0.749. The SMILES string of the molecule is COCCNCC(C)=Cc1cn(C)nc1C. The van der Waals surface area contributed by atoms with Crippen LogP contribution in [0.4, 0.5) is 0 Å². The van der Waals surface area contributed by atoms with E-state index in [2.05, 4.69) is 23.4 Å². The lowest BCUT2D eigenvalue weighted by Gasteiger charge is -2.03. The number of hydrogen-bond donors (Lipinski definition) is 1. The van der Waals surface area contributed by atoms with Crippen molar-refractivity contribution in [2.24, 2.45) is 7.05 Å². The first-order chi connectivity index (χ1) is 7.63. The molecule has 0 saturated carbocycles. The van der Waals surface area contributed by atoms with Crippen molar-refractivity contribution in [2.45, 2.75) is 13.8 Å². The lowest BCUT2D eigenvalue weighted by atomic mass is 10.2. The van der Waals surface area contributed by atoms with E-state index in [0.717, 1.165) is 25.4 Å². The van der Waals surface area contributed by atoms with E-state index in [1.165, 1.54) is 11.1 Å². The molecule has 0 atom stereocenters. The van der Waals surface area contributed by atoms with Crippen LogP contribution in [0.15, 0.2) is 11.8 Å². The maximum absolute atomic E-state index is 4.97. The quantitative estimate of drug-likeness (QED) is 0.740. The zero-order valence-electron chi connectivity index (χ0n) is 10.6. The van der Waals surface area contributed by atoms with Gasteiger partial charge in [0.2, 0.25) is 0 Å². The first-order valence-corrected chi connectivity index (χ1v) is 5.50. The molecule has 0 bridgehead atoms. The molecule has 0 saturated heterocycles. The highest BCUT2D eigenvalue weighted by Gasteiger charge is 2.00. The van der Waals surface area contributed by atoms with Gasteiger partial charge in [-0.1, -0.05) is 11.6 Å².